The number of aliphatic hydroxyl groups is 1. The summed E-state index contributed by atoms with van der Waals surface area (Å²) in [5.74, 6) is 1.46. The van der Waals surface area contributed by atoms with Gasteiger partial charge in [0.15, 0.2) is 0 Å². The van der Waals surface area contributed by atoms with Gasteiger partial charge in [-0.25, -0.2) is 0 Å². The highest BCUT2D eigenvalue weighted by atomic mass is 16.5. The first-order chi connectivity index (χ1) is 10.1. The molecule has 114 valence electrons. The van der Waals surface area contributed by atoms with Gasteiger partial charge in [0.1, 0.15) is 11.5 Å². The number of hydrogen-bond donors (Lipinski definition) is 1. The summed E-state index contributed by atoms with van der Waals surface area (Å²) >= 11 is 0. The monoisotopic (exact) mass is 288 g/mol. The Bertz CT molecular complexity index is 539. The summed E-state index contributed by atoms with van der Waals surface area (Å²) in [4.78, 5) is 12.1. The molecule has 1 N–H and O–H groups in total. The van der Waals surface area contributed by atoms with Gasteiger partial charge in [-0.05, 0) is 42.9 Å². The van der Waals surface area contributed by atoms with Gasteiger partial charge in [0, 0.05) is 17.8 Å². The summed E-state index contributed by atoms with van der Waals surface area (Å²) in [6.45, 7) is 2.04. The van der Waals surface area contributed by atoms with Crippen molar-refractivity contribution in [3.05, 3.63) is 29.8 Å². The molecular formula is C18H24O3. The largest absolute Gasteiger partial charge is 0.497 e. The molecule has 2 fully saturated rings. The van der Waals surface area contributed by atoms with Crippen molar-refractivity contribution in [1.82, 2.24) is 0 Å². The van der Waals surface area contributed by atoms with Gasteiger partial charge in [-0.3, -0.25) is 4.79 Å². The molecule has 0 heterocycles. The predicted octanol–water partition coefficient (Wildman–Crippen LogP) is 3.09. The fraction of sp³-hybridized carbons (Fsp3) is 0.611. The van der Waals surface area contributed by atoms with Gasteiger partial charge in [-0.1, -0.05) is 25.5 Å². The average Bonchev–Trinajstić information content (AvgIpc) is 2.52. The zero-order valence-electron chi connectivity index (χ0n) is 12.8. The lowest BCUT2D eigenvalue weighted by molar-refractivity contribution is -0.134. The van der Waals surface area contributed by atoms with Gasteiger partial charge in [0.25, 0.3) is 0 Å². The maximum atomic E-state index is 12.1. The lowest BCUT2D eigenvalue weighted by Crippen LogP contribution is -2.55. The Balaban J connectivity index is 2.09. The lowest BCUT2D eigenvalue weighted by atomic mass is 9.52. The van der Waals surface area contributed by atoms with E-state index in [0.717, 1.165) is 37.0 Å². The third kappa shape index (κ3) is 2.18. The number of carbonyl (C=O) groups excluding carboxylic acids is 1. The summed E-state index contributed by atoms with van der Waals surface area (Å²) < 4.78 is 5.36. The number of ether oxygens (including phenoxy) is 1. The van der Waals surface area contributed by atoms with Crippen molar-refractivity contribution < 1.29 is 14.6 Å². The van der Waals surface area contributed by atoms with Crippen molar-refractivity contribution in [3.63, 3.8) is 0 Å². The summed E-state index contributed by atoms with van der Waals surface area (Å²) in [5, 5.41) is 10.8. The van der Waals surface area contributed by atoms with Crippen LogP contribution in [0.15, 0.2) is 24.3 Å². The third-order valence-corrected chi connectivity index (χ3v) is 5.75. The molecule has 4 atom stereocenters. The minimum absolute atomic E-state index is 0.0416. The van der Waals surface area contributed by atoms with Crippen LogP contribution in [0.5, 0.6) is 5.75 Å². The number of rotatable bonds is 2. The summed E-state index contributed by atoms with van der Waals surface area (Å²) in [6, 6.07) is 8.06. The molecule has 0 aromatic heterocycles. The maximum absolute atomic E-state index is 12.1. The van der Waals surface area contributed by atoms with Crippen LogP contribution >= 0.6 is 0 Å². The molecule has 1 aromatic rings. The maximum Gasteiger partial charge on any atom is 0.136 e. The number of carbonyl (C=O) groups is 1. The Kier molecular flexibility index (Phi) is 3.78. The van der Waals surface area contributed by atoms with Gasteiger partial charge in [-0.2, -0.15) is 0 Å². The standard InChI is InChI=1S/C18H24O3/c1-12-15-7-4-8-17(20)18(15,10-9-16(12)19)13-5-3-6-14(11-13)21-2/h3,5-6,11-12,15,17,20H,4,7-10H2,1-2H3. The van der Waals surface area contributed by atoms with E-state index in [1.807, 2.05) is 25.1 Å². The van der Waals surface area contributed by atoms with E-state index in [2.05, 4.69) is 6.07 Å². The summed E-state index contributed by atoms with van der Waals surface area (Å²) in [5.41, 5.74) is 0.860. The molecule has 0 amide bonds. The van der Waals surface area contributed by atoms with Crippen LogP contribution in [-0.2, 0) is 10.2 Å². The van der Waals surface area contributed by atoms with E-state index in [0.29, 0.717) is 12.2 Å². The van der Waals surface area contributed by atoms with E-state index in [4.69, 9.17) is 4.74 Å². The molecule has 0 radical (unpaired) electrons. The highest BCUT2D eigenvalue weighted by Crippen LogP contribution is 2.53. The molecule has 2 aliphatic rings. The molecular weight excluding hydrogens is 264 g/mol. The van der Waals surface area contributed by atoms with E-state index >= 15 is 0 Å². The van der Waals surface area contributed by atoms with Gasteiger partial charge in [-0.15, -0.1) is 0 Å². The first kappa shape index (κ1) is 14.6. The van der Waals surface area contributed by atoms with E-state index in [1.54, 1.807) is 7.11 Å². The number of Topliss-reactive ketones (excluding diaryl/α,β-unsaturated/α-hetero) is 1. The van der Waals surface area contributed by atoms with E-state index in [-0.39, 0.29) is 23.4 Å². The number of benzene rings is 1. The number of ketones is 1. The molecule has 0 saturated heterocycles. The smallest absolute Gasteiger partial charge is 0.136 e. The number of hydrogen-bond acceptors (Lipinski definition) is 3. The Morgan fingerprint density at radius 3 is 2.90 bits per heavy atom. The van der Waals surface area contributed by atoms with Crippen molar-refractivity contribution in [2.24, 2.45) is 11.8 Å². The van der Waals surface area contributed by atoms with Crippen LogP contribution < -0.4 is 4.74 Å². The molecule has 1 aromatic carbocycles. The average molecular weight is 288 g/mol. The topological polar surface area (TPSA) is 46.5 Å². The second kappa shape index (κ2) is 5.45. The highest BCUT2D eigenvalue weighted by Gasteiger charge is 2.53. The van der Waals surface area contributed by atoms with Crippen LogP contribution in [-0.4, -0.2) is 24.1 Å². The van der Waals surface area contributed by atoms with Crippen LogP contribution in [0.1, 0.15) is 44.6 Å². The molecule has 21 heavy (non-hydrogen) atoms. The van der Waals surface area contributed by atoms with Crippen molar-refractivity contribution in [2.45, 2.75) is 50.5 Å². The first-order valence-electron chi connectivity index (χ1n) is 7.95. The fourth-order valence-electron chi connectivity index (χ4n) is 4.59. The SMILES string of the molecule is COc1cccc(C23CCC(=O)C(C)C2CCCC3O)c1. The molecule has 2 aliphatic carbocycles. The van der Waals surface area contributed by atoms with Crippen LogP contribution in [0.4, 0.5) is 0 Å². The molecule has 0 spiro atoms. The second-order valence-corrected chi connectivity index (χ2v) is 6.58. The van der Waals surface area contributed by atoms with Crippen LogP contribution in [0, 0.1) is 11.8 Å². The quantitative estimate of drug-likeness (QED) is 0.909. The summed E-state index contributed by atoms with van der Waals surface area (Å²) in [7, 11) is 1.67. The van der Waals surface area contributed by atoms with Crippen molar-refractivity contribution in [1.29, 1.82) is 0 Å². The molecule has 0 aliphatic heterocycles. The Labute approximate surface area is 126 Å². The molecule has 4 unspecified atom stereocenters. The van der Waals surface area contributed by atoms with Gasteiger partial charge in [0.2, 0.25) is 0 Å². The van der Waals surface area contributed by atoms with E-state index < -0.39 is 0 Å². The Morgan fingerprint density at radius 1 is 1.33 bits per heavy atom. The molecule has 0 bridgehead atoms. The van der Waals surface area contributed by atoms with Gasteiger partial charge >= 0.3 is 0 Å². The zero-order chi connectivity index (χ0) is 15.0. The fourth-order valence-corrected chi connectivity index (χ4v) is 4.59. The number of fused-ring (bicyclic) bond motifs is 1. The molecule has 3 nitrogen and oxygen atoms in total. The van der Waals surface area contributed by atoms with Crippen molar-refractivity contribution in [2.75, 3.05) is 7.11 Å². The molecule has 3 heteroatoms. The van der Waals surface area contributed by atoms with Gasteiger partial charge < -0.3 is 9.84 Å². The molecule has 2 saturated carbocycles. The van der Waals surface area contributed by atoms with Crippen LogP contribution in [0.3, 0.4) is 0 Å². The zero-order valence-corrected chi connectivity index (χ0v) is 12.8. The normalized spacial score (nSPS) is 36.1. The van der Waals surface area contributed by atoms with Crippen molar-refractivity contribution >= 4 is 5.78 Å². The minimum Gasteiger partial charge on any atom is -0.497 e. The number of aliphatic hydroxyl groups excluding tert-OH is 1. The van der Waals surface area contributed by atoms with Crippen LogP contribution in [0.25, 0.3) is 0 Å². The Hall–Kier alpha value is -1.35. The summed E-state index contributed by atoms with van der Waals surface area (Å²) in [6.07, 6.45) is 3.84. The van der Waals surface area contributed by atoms with Gasteiger partial charge in [0.05, 0.1) is 13.2 Å². The highest BCUT2D eigenvalue weighted by molar-refractivity contribution is 5.82. The predicted molar refractivity (Wildman–Crippen MR) is 81.4 cm³/mol. The lowest BCUT2D eigenvalue weighted by Gasteiger charge is -2.53. The van der Waals surface area contributed by atoms with Crippen LogP contribution in [0.2, 0.25) is 0 Å². The third-order valence-electron chi connectivity index (χ3n) is 5.75. The van der Waals surface area contributed by atoms with E-state index in [1.165, 1.54) is 0 Å². The Morgan fingerprint density at radius 2 is 2.14 bits per heavy atom. The number of methoxy groups -OCH3 is 1. The minimum atomic E-state index is -0.362. The van der Waals surface area contributed by atoms with E-state index in [9.17, 15) is 9.90 Å². The second-order valence-electron chi connectivity index (χ2n) is 6.58. The first-order valence-corrected chi connectivity index (χ1v) is 7.95. The molecule has 3 rings (SSSR count). The van der Waals surface area contributed by atoms with Crippen molar-refractivity contribution in [3.8, 4) is 5.75 Å².